The standard InChI is InChI=1S/C2H5.CH3O.Al.ClH/c2*1-2;;/h1H2,2H3;1H3;;1H/q;-1;+2;/p-1. The summed E-state index contributed by atoms with van der Waals surface area (Å²) in [4.78, 5) is 0. The van der Waals surface area contributed by atoms with E-state index in [1.807, 2.05) is 0 Å². The van der Waals surface area contributed by atoms with Gasteiger partial charge in [-0.2, -0.15) is 0 Å². The molecule has 0 aromatic rings. The molecule has 0 aromatic carbocycles. The summed E-state index contributed by atoms with van der Waals surface area (Å²) in [6.07, 6.45) is 0. The van der Waals surface area contributed by atoms with Crippen LogP contribution in [0.3, 0.4) is 0 Å². The summed E-state index contributed by atoms with van der Waals surface area (Å²) in [5.74, 6) is 0. The van der Waals surface area contributed by atoms with E-state index in [-0.39, 0.29) is 12.4 Å². The van der Waals surface area contributed by atoms with E-state index < -0.39 is 0 Å². The van der Waals surface area contributed by atoms with Gasteiger partial charge in [0.25, 0.3) is 0 Å². The molecule has 0 fully saturated rings. The van der Waals surface area contributed by atoms with Crippen molar-refractivity contribution in [1.29, 1.82) is 0 Å². The second kappa shape index (κ2) is 9.24. The van der Waals surface area contributed by atoms with Gasteiger partial charge >= 0.3 is 38.7 Å². The van der Waals surface area contributed by atoms with Gasteiger partial charge in [0.15, 0.2) is 0 Å². The van der Waals surface area contributed by atoms with E-state index in [4.69, 9.17) is 3.79 Å². The first-order chi connectivity index (χ1) is 2.41. The fraction of sp³-hybridized carbons (Fsp3) is 1.00. The number of halogens is 1. The number of hydrogen-bond acceptors (Lipinski definition) is 1. The zero-order valence-electron chi connectivity index (χ0n) is 4.07. The summed E-state index contributed by atoms with van der Waals surface area (Å²) in [5.41, 5.74) is 0. The smallest absolute Gasteiger partial charge is 1.00 e. The Morgan fingerprint density at radius 2 is 2.17 bits per heavy atom. The Morgan fingerprint density at radius 3 is 2.17 bits per heavy atom. The van der Waals surface area contributed by atoms with E-state index >= 15 is 0 Å². The van der Waals surface area contributed by atoms with Gasteiger partial charge in [0.05, 0.1) is 0 Å². The summed E-state index contributed by atoms with van der Waals surface area (Å²) < 4.78 is 4.77. The first-order valence-corrected chi connectivity index (χ1v) is 3.05. The molecule has 0 spiro atoms. The fourth-order valence-electron chi connectivity index (χ4n) is 0.167. The van der Waals surface area contributed by atoms with Crippen LogP contribution >= 0.6 is 0 Å². The number of hydrogen-bond donors (Lipinski definition) is 0. The first kappa shape index (κ1) is 9.92. The molecule has 0 radical (unpaired) electrons. The summed E-state index contributed by atoms with van der Waals surface area (Å²) >= 11 is 0.315. The van der Waals surface area contributed by atoms with Gasteiger partial charge in [-0.15, -0.1) is 0 Å². The average Bonchev–Trinajstić information content (AvgIpc) is 1.41. The third kappa shape index (κ3) is 8.84. The van der Waals surface area contributed by atoms with Gasteiger partial charge in [0, 0.05) is 0 Å². The molecule has 0 unspecified atom stereocenters. The molecular formula is C3H8AlClO. The van der Waals surface area contributed by atoms with Gasteiger partial charge in [-0.25, -0.2) is 0 Å². The van der Waals surface area contributed by atoms with Crippen LogP contribution in [-0.2, 0) is 3.79 Å². The summed E-state index contributed by atoms with van der Waals surface area (Å²) in [6.45, 7) is 2.12. The van der Waals surface area contributed by atoms with Gasteiger partial charge < -0.3 is 12.4 Å². The molecule has 0 saturated heterocycles. The second-order valence-electron chi connectivity index (χ2n) is 0.811. The van der Waals surface area contributed by atoms with Crippen molar-refractivity contribution in [3.8, 4) is 0 Å². The molecule has 0 bridgehead atoms. The molecule has 0 amide bonds. The van der Waals surface area contributed by atoms with Crippen LogP contribution in [0.25, 0.3) is 0 Å². The molecule has 3 heteroatoms. The van der Waals surface area contributed by atoms with Crippen LogP contribution in [0.2, 0.25) is 5.28 Å². The minimum Gasteiger partial charge on any atom is -1.00 e. The molecule has 6 heavy (non-hydrogen) atoms. The molecular weight excluding hydrogens is 114 g/mol. The molecule has 0 atom stereocenters. The summed E-state index contributed by atoms with van der Waals surface area (Å²) in [7, 11) is 1.75. The van der Waals surface area contributed by atoms with E-state index in [2.05, 4.69) is 6.92 Å². The number of rotatable bonds is 2. The first-order valence-electron chi connectivity index (χ1n) is 1.76. The van der Waals surface area contributed by atoms with E-state index in [1.165, 1.54) is 5.28 Å². The molecule has 36 valence electrons. The maximum Gasteiger partial charge on any atom is -1.00 e. The molecule has 0 aliphatic carbocycles. The van der Waals surface area contributed by atoms with Crippen molar-refractivity contribution >= 4 is 15.6 Å². The van der Waals surface area contributed by atoms with Gasteiger partial charge in [0.1, 0.15) is 0 Å². The molecule has 0 aliphatic rings. The van der Waals surface area contributed by atoms with Crippen molar-refractivity contribution < 1.29 is 16.2 Å². The molecule has 1 nitrogen and oxygen atoms in total. The van der Waals surface area contributed by atoms with Crippen LogP contribution in [-0.4, -0.2) is 22.7 Å². The Morgan fingerprint density at radius 1 is 1.67 bits per heavy atom. The molecule has 0 saturated carbocycles. The van der Waals surface area contributed by atoms with Gasteiger partial charge in [-0.3, -0.25) is 0 Å². The van der Waals surface area contributed by atoms with E-state index in [1.54, 1.807) is 7.11 Å². The van der Waals surface area contributed by atoms with Crippen molar-refractivity contribution in [3.63, 3.8) is 0 Å². The van der Waals surface area contributed by atoms with Crippen LogP contribution in [0.5, 0.6) is 0 Å². The topological polar surface area (TPSA) is 9.23 Å². The minimum absolute atomic E-state index is 0. The summed E-state index contributed by atoms with van der Waals surface area (Å²) in [5, 5.41) is 1.20. The largest absolute Gasteiger partial charge is 1.00 e. The van der Waals surface area contributed by atoms with Crippen molar-refractivity contribution in [2.45, 2.75) is 12.2 Å². The monoisotopic (exact) mass is 122 g/mol. The molecule has 0 aliphatic heterocycles. The van der Waals surface area contributed by atoms with Crippen LogP contribution in [0.15, 0.2) is 0 Å². The third-order valence-corrected chi connectivity index (χ3v) is 1.00. The normalized spacial score (nSPS) is 5.67. The van der Waals surface area contributed by atoms with E-state index in [0.717, 1.165) is 0 Å². The third-order valence-electron chi connectivity index (χ3n) is 0.333. The quantitative estimate of drug-likeness (QED) is 0.374. The molecule has 0 N–H and O–H groups in total. The van der Waals surface area contributed by atoms with Crippen molar-refractivity contribution in [1.82, 2.24) is 0 Å². The SMILES string of the molecule is C[CH2][Al+][O]C.[Cl-]. The van der Waals surface area contributed by atoms with Gasteiger partial charge in [-0.1, -0.05) is 0 Å². The van der Waals surface area contributed by atoms with Crippen molar-refractivity contribution in [3.05, 3.63) is 0 Å². The van der Waals surface area contributed by atoms with E-state index in [0.29, 0.717) is 15.6 Å². The molecule has 0 rings (SSSR count). The van der Waals surface area contributed by atoms with Crippen molar-refractivity contribution in [2.24, 2.45) is 0 Å². The maximum absolute atomic E-state index is 4.77. The Balaban J connectivity index is 0. The second-order valence-corrected chi connectivity index (χ2v) is 2.43. The van der Waals surface area contributed by atoms with Crippen LogP contribution in [0.4, 0.5) is 0 Å². The van der Waals surface area contributed by atoms with E-state index in [9.17, 15) is 0 Å². The predicted octanol–water partition coefficient (Wildman–Crippen LogP) is -2.31. The minimum atomic E-state index is 0. The van der Waals surface area contributed by atoms with Crippen LogP contribution in [0, 0.1) is 0 Å². The van der Waals surface area contributed by atoms with Gasteiger partial charge in [0.2, 0.25) is 0 Å². The van der Waals surface area contributed by atoms with Crippen LogP contribution < -0.4 is 12.4 Å². The van der Waals surface area contributed by atoms with Crippen molar-refractivity contribution in [2.75, 3.05) is 7.11 Å². The predicted molar refractivity (Wildman–Crippen MR) is 23.2 cm³/mol. The Kier molecular flexibility index (Phi) is 15.3. The average molecular weight is 123 g/mol. The molecule has 0 aromatic heterocycles. The van der Waals surface area contributed by atoms with Crippen LogP contribution in [0.1, 0.15) is 6.92 Å². The fourth-order valence-corrected chi connectivity index (χ4v) is 0.500. The zero-order valence-corrected chi connectivity index (χ0v) is 5.98. The zero-order chi connectivity index (χ0) is 4.12. The molecule has 0 heterocycles. The Bertz CT molecular complexity index is 18.3. The van der Waals surface area contributed by atoms with Gasteiger partial charge in [-0.05, 0) is 0 Å². The summed E-state index contributed by atoms with van der Waals surface area (Å²) in [6, 6.07) is 0. The Labute approximate surface area is 51.5 Å². The Hall–Kier alpha value is 0.782. The maximum atomic E-state index is 4.77.